The molecule has 100 valence electrons. The van der Waals surface area contributed by atoms with E-state index in [1.54, 1.807) is 31.2 Å². The van der Waals surface area contributed by atoms with Crippen LogP contribution in [0.3, 0.4) is 0 Å². The molecule has 5 N–H and O–H groups in total. The van der Waals surface area contributed by atoms with Crippen molar-refractivity contribution in [2.45, 2.75) is 18.9 Å². The van der Waals surface area contributed by atoms with Crippen molar-refractivity contribution >= 4 is 23.3 Å². The maximum absolute atomic E-state index is 11.9. The molecule has 0 saturated carbocycles. The van der Waals surface area contributed by atoms with Crippen LogP contribution in [0.25, 0.3) is 0 Å². The molecule has 19 heavy (non-hydrogen) atoms. The fourth-order valence-corrected chi connectivity index (χ4v) is 2.04. The second-order valence-corrected chi connectivity index (χ2v) is 4.36. The van der Waals surface area contributed by atoms with Crippen LogP contribution < -0.4 is 16.5 Å². The van der Waals surface area contributed by atoms with Gasteiger partial charge in [0.05, 0.1) is 0 Å². The maximum Gasteiger partial charge on any atom is 0.332 e. The molecular formula is C12H14N4O3. The first kappa shape index (κ1) is 13.0. The minimum absolute atomic E-state index is 0.0316. The van der Waals surface area contributed by atoms with Crippen LogP contribution in [0, 0.1) is 0 Å². The Morgan fingerprint density at radius 3 is 2.89 bits per heavy atom. The number of hydrazone groups is 1. The fraction of sp³-hybridized carbons (Fsp3) is 0.250. The van der Waals surface area contributed by atoms with E-state index in [0.29, 0.717) is 17.0 Å². The Bertz CT molecular complexity index is 570. The molecule has 1 aromatic rings. The molecule has 0 bridgehead atoms. The number of anilines is 1. The van der Waals surface area contributed by atoms with Gasteiger partial charge in [0, 0.05) is 23.4 Å². The van der Waals surface area contributed by atoms with Crippen LogP contribution in [0.15, 0.2) is 29.4 Å². The molecule has 0 saturated heterocycles. The second-order valence-electron chi connectivity index (χ2n) is 4.36. The Hall–Kier alpha value is -2.41. The average molecular weight is 262 g/mol. The van der Waals surface area contributed by atoms with Crippen LogP contribution in [0.1, 0.15) is 18.9 Å². The molecule has 2 rings (SSSR count). The van der Waals surface area contributed by atoms with Crippen LogP contribution in [0.5, 0.6) is 0 Å². The molecule has 1 atom stereocenters. The molecule has 1 aliphatic rings. The number of fused-ring (bicyclic) bond motifs is 1. The van der Waals surface area contributed by atoms with Crippen molar-refractivity contribution in [2.24, 2.45) is 10.8 Å². The van der Waals surface area contributed by atoms with Crippen molar-refractivity contribution in [1.82, 2.24) is 5.43 Å². The summed E-state index contributed by atoms with van der Waals surface area (Å²) in [5.74, 6) is -0.512. The van der Waals surface area contributed by atoms with Gasteiger partial charge in [-0.15, -0.1) is 0 Å². The third-order valence-electron chi connectivity index (χ3n) is 2.87. The summed E-state index contributed by atoms with van der Waals surface area (Å²) in [5.41, 5.74) is 6.72. The normalized spacial score (nSPS) is 21.8. The number of primary amides is 1. The highest BCUT2D eigenvalue weighted by Crippen LogP contribution is 2.38. The number of nitrogens with two attached hydrogens (primary N) is 1. The Morgan fingerprint density at radius 1 is 1.53 bits per heavy atom. The van der Waals surface area contributed by atoms with Gasteiger partial charge in [0.25, 0.3) is 5.91 Å². The molecule has 7 heteroatoms. The predicted octanol–water partition coefficient (Wildman–Crippen LogP) is 0.261. The number of nitrogens with one attached hydrogen (secondary N) is 2. The summed E-state index contributed by atoms with van der Waals surface area (Å²) >= 11 is 0. The molecule has 0 fully saturated rings. The van der Waals surface area contributed by atoms with Crippen LogP contribution >= 0.6 is 0 Å². The molecular weight excluding hydrogens is 248 g/mol. The van der Waals surface area contributed by atoms with Crippen molar-refractivity contribution in [2.75, 3.05) is 5.32 Å². The van der Waals surface area contributed by atoms with Gasteiger partial charge < -0.3 is 16.2 Å². The summed E-state index contributed by atoms with van der Waals surface area (Å²) in [4.78, 5) is 22.4. The lowest BCUT2D eigenvalue weighted by atomic mass is 9.90. The Morgan fingerprint density at radius 2 is 2.21 bits per heavy atom. The zero-order valence-corrected chi connectivity index (χ0v) is 10.3. The number of hydrogen-bond acceptors (Lipinski definition) is 4. The van der Waals surface area contributed by atoms with E-state index in [9.17, 15) is 14.7 Å². The second kappa shape index (κ2) is 4.69. The number of nitrogens with zero attached hydrogens (tertiary/aromatic N) is 1. The van der Waals surface area contributed by atoms with Gasteiger partial charge in [-0.05, 0) is 13.0 Å². The Kier molecular flexibility index (Phi) is 3.22. The molecule has 1 aliphatic heterocycles. The highest BCUT2D eigenvalue weighted by atomic mass is 16.3. The lowest BCUT2D eigenvalue weighted by Crippen LogP contribution is -2.36. The number of para-hydroxylation sites is 1. The van der Waals surface area contributed by atoms with E-state index in [4.69, 9.17) is 5.73 Å². The first-order valence-electron chi connectivity index (χ1n) is 5.65. The average Bonchev–Trinajstić information content (AvgIpc) is 2.60. The third kappa shape index (κ3) is 2.41. The van der Waals surface area contributed by atoms with Crippen LogP contribution in [0.2, 0.25) is 0 Å². The zero-order chi connectivity index (χ0) is 14.0. The number of aliphatic hydroxyl groups is 1. The van der Waals surface area contributed by atoms with Crippen molar-refractivity contribution in [3.05, 3.63) is 29.8 Å². The van der Waals surface area contributed by atoms with E-state index in [1.165, 1.54) is 0 Å². The first-order valence-corrected chi connectivity index (χ1v) is 5.65. The summed E-state index contributed by atoms with van der Waals surface area (Å²) in [5, 5.41) is 16.8. The summed E-state index contributed by atoms with van der Waals surface area (Å²) in [6.45, 7) is 1.59. The molecule has 3 amide bonds. The lowest BCUT2D eigenvalue weighted by Gasteiger charge is -2.20. The highest BCUT2D eigenvalue weighted by molar-refractivity contribution is 6.07. The van der Waals surface area contributed by atoms with Gasteiger partial charge in [0.1, 0.15) is 0 Å². The SMILES string of the molecule is C/C(C[C@@]1(O)C(=O)Nc2ccccc21)=N/NC(N)=O. The molecule has 1 aromatic carbocycles. The van der Waals surface area contributed by atoms with Gasteiger partial charge in [0.2, 0.25) is 0 Å². The summed E-state index contributed by atoms with van der Waals surface area (Å²) in [7, 11) is 0. The number of carbonyl (C=O) groups is 2. The number of urea groups is 1. The molecule has 0 unspecified atom stereocenters. The summed E-state index contributed by atoms with van der Waals surface area (Å²) in [6.07, 6.45) is -0.0316. The van der Waals surface area contributed by atoms with E-state index >= 15 is 0 Å². The van der Waals surface area contributed by atoms with E-state index in [0.717, 1.165) is 0 Å². The predicted molar refractivity (Wildman–Crippen MR) is 69.4 cm³/mol. The van der Waals surface area contributed by atoms with Gasteiger partial charge in [-0.3, -0.25) is 4.79 Å². The van der Waals surface area contributed by atoms with Gasteiger partial charge in [-0.1, -0.05) is 18.2 Å². The topological polar surface area (TPSA) is 117 Å². The minimum Gasteiger partial charge on any atom is -0.375 e. The number of carbonyl (C=O) groups excluding carboxylic acids is 2. The van der Waals surface area contributed by atoms with Gasteiger partial charge in [-0.2, -0.15) is 5.10 Å². The van der Waals surface area contributed by atoms with Crippen molar-refractivity contribution < 1.29 is 14.7 Å². The highest BCUT2D eigenvalue weighted by Gasteiger charge is 2.45. The quantitative estimate of drug-likeness (QED) is 0.462. The number of benzene rings is 1. The van der Waals surface area contributed by atoms with E-state index in [1.807, 2.05) is 0 Å². The number of hydrogen-bond donors (Lipinski definition) is 4. The van der Waals surface area contributed by atoms with Crippen molar-refractivity contribution in [1.29, 1.82) is 0 Å². The molecule has 0 radical (unpaired) electrons. The molecule has 1 heterocycles. The van der Waals surface area contributed by atoms with Gasteiger partial charge >= 0.3 is 6.03 Å². The van der Waals surface area contributed by atoms with E-state index < -0.39 is 17.5 Å². The molecule has 0 aliphatic carbocycles. The molecule has 0 spiro atoms. The van der Waals surface area contributed by atoms with E-state index in [2.05, 4.69) is 15.8 Å². The first-order chi connectivity index (χ1) is 8.93. The van der Waals surface area contributed by atoms with Gasteiger partial charge in [0.15, 0.2) is 5.60 Å². The molecule has 0 aromatic heterocycles. The minimum atomic E-state index is -1.68. The van der Waals surface area contributed by atoms with Crippen LogP contribution in [0.4, 0.5) is 10.5 Å². The standard InChI is InChI=1S/C12H14N4O3/c1-7(15-16-11(13)18)6-12(19)8-4-2-3-5-9(8)14-10(12)17/h2-5,19H,6H2,1H3,(H,14,17)(H3,13,16,18)/b15-7-/t12-/m0/s1. The Balaban J connectivity index is 2.26. The van der Waals surface area contributed by atoms with Crippen LogP contribution in [-0.2, 0) is 10.4 Å². The smallest absolute Gasteiger partial charge is 0.332 e. The fourth-order valence-electron chi connectivity index (χ4n) is 2.04. The maximum atomic E-state index is 11.9. The number of amides is 3. The van der Waals surface area contributed by atoms with Crippen molar-refractivity contribution in [3.63, 3.8) is 0 Å². The largest absolute Gasteiger partial charge is 0.375 e. The summed E-state index contributed by atoms with van der Waals surface area (Å²) < 4.78 is 0. The number of rotatable bonds is 3. The molecule has 7 nitrogen and oxygen atoms in total. The van der Waals surface area contributed by atoms with E-state index in [-0.39, 0.29) is 6.42 Å². The lowest BCUT2D eigenvalue weighted by molar-refractivity contribution is -0.132. The zero-order valence-electron chi connectivity index (χ0n) is 10.3. The van der Waals surface area contributed by atoms with Crippen molar-refractivity contribution in [3.8, 4) is 0 Å². The summed E-state index contributed by atoms with van der Waals surface area (Å²) in [6, 6.07) is 6.07. The van der Waals surface area contributed by atoms with Crippen LogP contribution in [-0.4, -0.2) is 22.8 Å². The monoisotopic (exact) mass is 262 g/mol. The van der Waals surface area contributed by atoms with Gasteiger partial charge in [-0.25, -0.2) is 10.2 Å². The Labute approximate surface area is 109 Å². The third-order valence-corrected chi connectivity index (χ3v) is 2.87.